The van der Waals surface area contributed by atoms with Gasteiger partial charge >= 0.3 is 0 Å². The maximum Gasteiger partial charge on any atom is 0.246 e. The van der Waals surface area contributed by atoms with Crippen LogP contribution in [0.1, 0.15) is 25.3 Å². The Morgan fingerprint density at radius 3 is 2.78 bits per heavy atom. The van der Waals surface area contributed by atoms with Crippen molar-refractivity contribution >= 4 is 17.7 Å². The molecule has 2 rings (SSSR count). The number of hydrogen-bond donors (Lipinski definition) is 1. The normalized spacial score (nSPS) is 20.3. The van der Waals surface area contributed by atoms with Crippen LogP contribution in [-0.4, -0.2) is 23.9 Å². The zero-order chi connectivity index (χ0) is 13.0. The molecule has 1 fully saturated rings. The molecular formula is C15H20N2O. The quantitative estimate of drug-likeness (QED) is 0.642. The van der Waals surface area contributed by atoms with Crippen LogP contribution in [0.2, 0.25) is 0 Å². The van der Waals surface area contributed by atoms with Gasteiger partial charge in [0.25, 0.3) is 0 Å². The molecule has 96 valence electrons. The van der Waals surface area contributed by atoms with Gasteiger partial charge in [-0.25, -0.2) is 0 Å². The van der Waals surface area contributed by atoms with Gasteiger partial charge in [0.05, 0.1) is 0 Å². The first-order valence-electron chi connectivity index (χ1n) is 6.47. The number of carbonyl (C=O) groups excluding carboxylic acids is 1. The van der Waals surface area contributed by atoms with E-state index >= 15 is 0 Å². The standard InChI is InChI=1S/C15H20N2O/c1-12-3-2-10-17(11-12)15(18)9-6-13-4-7-14(16)8-5-13/h4-9,12H,2-3,10-11,16H2,1H3/b9-6+. The molecule has 1 amide bonds. The van der Waals surface area contributed by atoms with Crippen molar-refractivity contribution in [2.45, 2.75) is 19.8 Å². The molecule has 0 spiro atoms. The average Bonchev–Trinajstić information content (AvgIpc) is 2.38. The lowest BCUT2D eigenvalue weighted by Crippen LogP contribution is -2.38. The Labute approximate surface area is 108 Å². The molecule has 0 radical (unpaired) electrons. The smallest absolute Gasteiger partial charge is 0.246 e. The third-order valence-electron chi connectivity index (χ3n) is 3.32. The van der Waals surface area contributed by atoms with Crippen molar-refractivity contribution in [3.63, 3.8) is 0 Å². The van der Waals surface area contributed by atoms with E-state index in [4.69, 9.17) is 5.73 Å². The van der Waals surface area contributed by atoms with E-state index in [1.54, 1.807) is 6.08 Å². The fourth-order valence-corrected chi connectivity index (χ4v) is 2.27. The van der Waals surface area contributed by atoms with E-state index in [1.807, 2.05) is 35.2 Å². The largest absolute Gasteiger partial charge is 0.399 e. The number of rotatable bonds is 2. The van der Waals surface area contributed by atoms with Crippen molar-refractivity contribution < 1.29 is 4.79 Å². The summed E-state index contributed by atoms with van der Waals surface area (Å²) in [5.41, 5.74) is 7.36. The topological polar surface area (TPSA) is 46.3 Å². The fourth-order valence-electron chi connectivity index (χ4n) is 2.27. The summed E-state index contributed by atoms with van der Waals surface area (Å²) in [5.74, 6) is 0.728. The van der Waals surface area contributed by atoms with Crippen molar-refractivity contribution in [2.24, 2.45) is 5.92 Å². The van der Waals surface area contributed by atoms with E-state index in [9.17, 15) is 4.79 Å². The van der Waals surface area contributed by atoms with E-state index in [1.165, 1.54) is 6.42 Å². The van der Waals surface area contributed by atoms with Crippen LogP contribution in [0.25, 0.3) is 6.08 Å². The van der Waals surface area contributed by atoms with Crippen molar-refractivity contribution in [3.8, 4) is 0 Å². The molecule has 0 aliphatic carbocycles. The van der Waals surface area contributed by atoms with Gasteiger partial charge in [-0.2, -0.15) is 0 Å². The highest BCUT2D eigenvalue weighted by atomic mass is 16.2. The highest BCUT2D eigenvalue weighted by Gasteiger charge is 2.18. The first-order chi connectivity index (χ1) is 8.65. The molecule has 1 saturated heterocycles. The van der Waals surface area contributed by atoms with Crippen LogP contribution in [0, 0.1) is 5.92 Å². The predicted molar refractivity (Wildman–Crippen MR) is 74.9 cm³/mol. The van der Waals surface area contributed by atoms with E-state index < -0.39 is 0 Å². The monoisotopic (exact) mass is 244 g/mol. The van der Waals surface area contributed by atoms with Crippen molar-refractivity contribution in [3.05, 3.63) is 35.9 Å². The van der Waals surface area contributed by atoms with Gasteiger partial charge in [-0.05, 0) is 42.5 Å². The number of benzene rings is 1. The number of nitrogens with two attached hydrogens (primary N) is 1. The number of piperidine rings is 1. The summed E-state index contributed by atoms with van der Waals surface area (Å²) in [4.78, 5) is 13.9. The molecule has 0 saturated carbocycles. The van der Waals surface area contributed by atoms with Gasteiger partial charge in [0.15, 0.2) is 0 Å². The van der Waals surface area contributed by atoms with E-state index in [0.29, 0.717) is 5.92 Å². The van der Waals surface area contributed by atoms with Crippen molar-refractivity contribution in [1.82, 2.24) is 4.90 Å². The number of hydrogen-bond acceptors (Lipinski definition) is 2. The number of likely N-dealkylation sites (tertiary alicyclic amines) is 1. The molecule has 3 heteroatoms. The van der Waals surface area contributed by atoms with Gasteiger partial charge in [0.1, 0.15) is 0 Å². The van der Waals surface area contributed by atoms with Gasteiger partial charge in [-0.15, -0.1) is 0 Å². The molecule has 2 N–H and O–H groups in total. The van der Waals surface area contributed by atoms with Crippen LogP contribution in [-0.2, 0) is 4.79 Å². The SMILES string of the molecule is CC1CCCN(C(=O)/C=C/c2ccc(N)cc2)C1. The number of anilines is 1. The Morgan fingerprint density at radius 2 is 2.11 bits per heavy atom. The summed E-state index contributed by atoms with van der Waals surface area (Å²) >= 11 is 0. The summed E-state index contributed by atoms with van der Waals surface area (Å²) in [6.45, 7) is 3.96. The number of carbonyl (C=O) groups is 1. The summed E-state index contributed by atoms with van der Waals surface area (Å²) < 4.78 is 0. The first-order valence-corrected chi connectivity index (χ1v) is 6.47. The van der Waals surface area contributed by atoms with Crippen molar-refractivity contribution in [1.29, 1.82) is 0 Å². The molecular weight excluding hydrogens is 224 g/mol. The Balaban J connectivity index is 1.96. The molecule has 1 aromatic carbocycles. The highest BCUT2D eigenvalue weighted by molar-refractivity contribution is 5.91. The Morgan fingerprint density at radius 1 is 1.39 bits per heavy atom. The van der Waals surface area contributed by atoms with Crippen LogP contribution >= 0.6 is 0 Å². The van der Waals surface area contributed by atoms with Crippen LogP contribution in [0.15, 0.2) is 30.3 Å². The van der Waals surface area contributed by atoms with Crippen molar-refractivity contribution in [2.75, 3.05) is 18.8 Å². The Hall–Kier alpha value is -1.77. The first kappa shape index (κ1) is 12.7. The zero-order valence-electron chi connectivity index (χ0n) is 10.8. The molecule has 1 atom stereocenters. The van der Waals surface area contributed by atoms with Crippen LogP contribution in [0.3, 0.4) is 0 Å². The number of nitrogen functional groups attached to an aromatic ring is 1. The van der Waals surface area contributed by atoms with Gasteiger partial charge < -0.3 is 10.6 Å². The number of nitrogens with zero attached hydrogens (tertiary/aromatic N) is 1. The zero-order valence-corrected chi connectivity index (χ0v) is 10.8. The lowest BCUT2D eigenvalue weighted by molar-refractivity contribution is -0.127. The molecule has 0 aromatic heterocycles. The summed E-state index contributed by atoms with van der Waals surface area (Å²) in [6.07, 6.45) is 5.85. The number of amides is 1. The molecule has 0 bridgehead atoms. The van der Waals surface area contributed by atoms with Gasteiger partial charge in [0, 0.05) is 24.9 Å². The van der Waals surface area contributed by atoms with Gasteiger partial charge in [-0.1, -0.05) is 19.1 Å². The molecule has 3 nitrogen and oxygen atoms in total. The minimum absolute atomic E-state index is 0.110. The summed E-state index contributed by atoms with van der Waals surface area (Å²) in [6, 6.07) is 7.51. The predicted octanol–water partition coefficient (Wildman–Crippen LogP) is 2.54. The molecule has 1 heterocycles. The second-order valence-corrected chi connectivity index (χ2v) is 5.03. The molecule has 18 heavy (non-hydrogen) atoms. The van der Waals surface area contributed by atoms with Gasteiger partial charge in [0.2, 0.25) is 5.91 Å². The second-order valence-electron chi connectivity index (χ2n) is 5.03. The lowest BCUT2D eigenvalue weighted by Gasteiger charge is -2.30. The maximum absolute atomic E-state index is 12.0. The second kappa shape index (κ2) is 5.71. The molecule has 1 unspecified atom stereocenters. The third-order valence-corrected chi connectivity index (χ3v) is 3.32. The van der Waals surface area contributed by atoms with Gasteiger partial charge in [-0.3, -0.25) is 4.79 Å². The minimum Gasteiger partial charge on any atom is -0.399 e. The molecule has 1 aromatic rings. The third kappa shape index (κ3) is 3.36. The Bertz CT molecular complexity index is 436. The van der Waals surface area contributed by atoms with E-state index in [-0.39, 0.29) is 5.91 Å². The van der Waals surface area contributed by atoms with Crippen LogP contribution < -0.4 is 5.73 Å². The Kier molecular flexibility index (Phi) is 4.03. The molecule has 1 aliphatic rings. The summed E-state index contributed by atoms with van der Waals surface area (Å²) in [5, 5.41) is 0. The van der Waals surface area contributed by atoms with Crippen LogP contribution in [0.4, 0.5) is 5.69 Å². The van der Waals surface area contributed by atoms with E-state index in [2.05, 4.69) is 6.92 Å². The van der Waals surface area contributed by atoms with E-state index in [0.717, 1.165) is 30.8 Å². The lowest BCUT2D eigenvalue weighted by atomic mass is 10.0. The maximum atomic E-state index is 12.0. The average molecular weight is 244 g/mol. The molecule has 1 aliphatic heterocycles. The van der Waals surface area contributed by atoms with Crippen LogP contribution in [0.5, 0.6) is 0 Å². The highest BCUT2D eigenvalue weighted by Crippen LogP contribution is 2.16. The fraction of sp³-hybridized carbons (Fsp3) is 0.400. The minimum atomic E-state index is 0.110. The summed E-state index contributed by atoms with van der Waals surface area (Å²) in [7, 11) is 0.